The maximum atomic E-state index is 4.63. The molecule has 2 aromatic heterocycles. The monoisotopic (exact) mass is 270 g/mol. The molecule has 0 unspecified atom stereocenters. The zero-order chi connectivity index (χ0) is 14.2. The summed E-state index contributed by atoms with van der Waals surface area (Å²) in [5.41, 5.74) is 5.52. The standard InChI is InChI=1S/C19H14N2/c1-13-12-17(16-7-3-5-9-19(16)21-13)14-10-11-20-18-8-4-2-6-15(14)18/h2-12H,1H3. The van der Waals surface area contributed by atoms with Crippen LogP contribution in [0.4, 0.5) is 0 Å². The number of pyridine rings is 2. The van der Waals surface area contributed by atoms with Gasteiger partial charge >= 0.3 is 0 Å². The van der Waals surface area contributed by atoms with Crippen molar-refractivity contribution in [1.82, 2.24) is 9.97 Å². The highest BCUT2D eigenvalue weighted by Crippen LogP contribution is 2.32. The number of para-hydroxylation sites is 2. The third-order valence-electron chi connectivity index (χ3n) is 3.78. The summed E-state index contributed by atoms with van der Waals surface area (Å²) in [6, 6.07) is 20.8. The first-order chi connectivity index (χ1) is 10.3. The van der Waals surface area contributed by atoms with Crippen LogP contribution in [-0.4, -0.2) is 9.97 Å². The minimum absolute atomic E-state index is 1.02. The first-order valence-electron chi connectivity index (χ1n) is 7.03. The van der Waals surface area contributed by atoms with Crippen LogP contribution in [0.3, 0.4) is 0 Å². The smallest absolute Gasteiger partial charge is 0.0711 e. The van der Waals surface area contributed by atoms with Gasteiger partial charge in [0.25, 0.3) is 0 Å². The summed E-state index contributed by atoms with van der Waals surface area (Å²) < 4.78 is 0. The highest BCUT2D eigenvalue weighted by atomic mass is 14.7. The molecule has 2 heteroatoms. The average molecular weight is 270 g/mol. The highest BCUT2D eigenvalue weighted by Gasteiger charge is 2.09. The third kappa shape index (κ3) is 1.96. The second-order valence-corrected chi connectivity index (χ2v) is 5.20. The second kappa shape index (κ2) is 4.67. The Morgan fingerprint density at radius 1 is 0.714 bits per heavy atom. The van der Waals surface area contributed by atoms with Crippen molar-refractivity contribution in [3.8, 4) is 11.1 Å². The molecular formula is C19H14N2. The maximum absolute atomic E-state index is 4.63. The molecule has 2 aromatic carbocycles. The second-order valence-electron chi connectivity index (χ2n) is 5.20. The Morgan fingerprint density at radius 3 is 2.19 bits per heavy atom. The molecule has 0 spiro atoms. The largest absolute Gasteiger partial charge is 0.256 e. The molecular weight excluding hydrogens is 256 g/mol. The fourth-order valence-corrected chi connectivity index (χ4v) is 2.86. The molecule has 0 N–H and O–H groups in total. The van der Waals surface area contributed by atoms with Crippen LogP contribution < -0.4 is 0 Å². The summed E-state index contributed by atoms with van der Waals surface area (Å²) >= 11 is 0. The lowest BCUT2D eigenvalue weighted by molar-refractivity contribution is 1.26. The highest BCUT2D eigenvalue weighted by molar-refractivity contribution is 6.03. The van der Waals surface area contributed by atoms with Gasteiger partial charge in [-0.25, -0.2) is 0 Å². The number of rotatable bonds is 1. The molecule has 4 rings (SSSR count). The van der Waals surface area contributed by atoms with E-state index in [1.165, 1.54) is 21.9 Å². The van der Waals surface area contributed by atoms with E-state index in [0.29, 0.717) is 0 Å². The van der Waals surface area contributed by atoms with Gasteiger partial charge in [-0.05, 0) is 42.3 Å². The molecule has 0 fully saturated rings. The zero-order valence-electron chi connectivity index (χ0n) is 11.7. The van der Waals surface area contributed by atoms with Crippen molar-refractivity contribution < 1.29 is 0 Å². The zero-order valence-corrected chi connectivity index (χ0v) is 11.7. The van der Waals surface area contributed by atoms with Crippen molar-refractivity contribution in [3.63, 3.8) is 0 Å². The molecule has 0 aliphatic carbocycles. The quantitative estimate of drug-likeness (QED) is 0.498. The molecule has 0 atom stereocenters. The average Bonchev–Trinajstić information content (AvgIpc) is 2.53. The van der Waals surface area contributed by atoms with Gasteiger partial charge in [-0.15, -0.1) is 0 Å². The van der Waals surface area contributed by atoms with Crippen LogP contribution in [0.1, 0.15) is 5.69 Å². The predicted octanol–water partition coefficient (Wildman–Crippen LogP) is 4.76. The van der Waals surface area contributed by atoms with E-state index in [1.54, 1.807) is 0 Å². The topological polar surface area (TPSA) is 25.8 Å². The molecule has 0 aliphatic rings. The summed E-state index contributed by atoms with van der Waals surface area (Å²) in [6.45, 7) is 2.04. The molecule has 0 saturated carbocycles. The summed E-state index contributed by atoms with van der Waals surface area (Å²) in [7, 11) is 0. The lowest BCUT2D eigenvalue weighted by atomic mass is 9.97. The first-order valence-corrected chi connectivity index (χ1v) is 7.03. The molecule has 2 nitrogen and oxygen atoms in total. The Labute approximate surface area is 123 Å². The number of nitrogens with zero attached hydrogens (tertiary/aromatic N) is 2. The van der Waals surface area contributed by atoms with Gasteiger partial charge in [0, 0.05) is 22.7 Å². The number of fused-ring (bicyclic) bond motifs is 2. The minimum atomic E-state index is 1.02. The van der Waals surface area contributed by atoms with Crippen LogP contribution in [0.5, 0.6) is 0 Å². The van der Waals surface area contributed by atoms with E-state index in [9.17, 15) is 0 Å². The van der Waals surface area contributed by atoms with Gasteiger partial charge in [0.2, 0.25) is 0 Å². The Hall–Kier alpha value is -2.74. The Bertz CT molecular complexity index is 952. The predicted molar refractivity (Wildman–Crippen MR) is 87.2 cm³/mol. The van der Waals surface area contributed by atoms with E-state index < -0.39 is 0 Å². The van der Waals surface area contributed by atoms with E-state index in [0.717, 1.165) is 16.7 Å². The van der Waals surface area contributed by atoms with E-state index >= 15 is 0 Å². The van der Waals surface area contributed by atoms with Gasteiger partial charge in [0.15, 0.2) is 0 Å². The molecule has 100 valence electrons. The number of hydrogen-bond acceptors (Lipinski definition) is 2. The summed E-state index contributed by atoms with van der Waals surface area (Å²) in [4.78, 5) is 9.08. The van der Waals surface area contributed by atoms with Gasteiger partial charge in [-0.1, -0.05) is 36.4 Å². The fraction of sp³-hybridized carbons (Fsp3) is 0.0526. The van der Waals surface area contributed by atoms with Crippen LogP contribution in [0.2, 0.25) is 0 Å². The van der Waals surface area contributed by atoms with Crippen LogP contribution in [0.15, 0.2) is 66.9 Å². The van der Waals surface area contributed by atoms with Crippen molar-refractivity contribution in [3.05, 3.63) is 72.6 Å². The number of aromatic nitrogens is 2. The maximum Gasteiger partial charge on any atom is 0.0711 e. The fourth-order valence-electron chi connectivity index (χ4n) is 2.86. The van der Waals surface area contributed by atoms with E-state index in [-0.39, 0.29) is 0 Å². The molecule has 21 heavy (non-hydrogen) atoms. The SMILES string of the molecule is Cc1cc(-c2ccnc3ccccc23)c2ccccc2n1. The van der Waals surface area contributed by atoms with Gasteiger partial charge in [-0.2, -0.15) is 0 Å². The molecule has 0 bridgehead atoms. The van der Waals surface area contributed by atoms with E-state index in [4.69, 9.17) is 0 Å². The van der Waals surface area contributed by atoms with Crippen LogP contribution in [0.25, 0.3) is 32.9 Å². The lowest BCUT2D eigenvalue weighted by Gasteiger charge is -2.10. The molecule has 0 amide bonds. The van der Waals surface area contributed by atoms with Crippen molar-refractivity contribution in [2.45, 2.75) is 6.92 Å². The Balaban J connectivity index is 2.14. The van der Waals surface area contributed by atoms with Crippen molar-refractivity contribution in [1.29, 1.82) is 0 Å². The van der Waals surface area contributed by atoms with Crippen LogP contribution in [-0.2, 0) is 0 Å². The summed E-state index contributed by atoms with van der Waals surface area (Å²) in [5.74, 6) is 0. The number of aryl methyl sites for hydroxylation is 1. The van der Waals surface area contributed by atoms with Gasteiger partial charge in [-0.3, -0.25) is 9.97 Å². The van der Waals surface area contributed by atoms with Gasteiger partial charge in [0.05, 0.1) is 11.0 Å². The summed E-state index contributed by atoms with van der Waals surface area (Å²) in [5, 5.41) is 2.36. The van der Waals surface area contributed by atoms with Crippen molar-refractivity contribution >= 4 is 21.8 Å². The summed E-state index contributed by atoms with van der Waals surface area (Å²) in [6.07, 6.45) is 1.88. The molecule has 0 aliphatic heterocycles. The number of hydrogen-bond donors (Lipinski definition) is 0. The molecule has 0 radical (unpaired) electrons. The van der Waals surface area contributed by atoms with Crippen LogP contribution in [0, 0.1) is 6.92 Å². The van der Waals surface area contributed by atoms with Crippen LogP contribution >= 0.6 is 0 Å². The lowest BCUT2D eigenvalue weighted by Crippen LogP contribution is -1.90. The molecule has 2 heterocycles. The normalized spacial score (nSPS) is 11.1. The van der Waals surface area contributed by atoms with Crippen molar-refractivity contribution in [2.24, 2.45) is 0 Å². The Kier molecular flexibility index (Phi) is 2.68. The van der Waals surface area contributed by atoms with Gasteiger partial charge < -0.3 is 0 Å². The van der Waals surface area contributed by atoms with E-state index in [1.807, 2.05) is 25.3 Å². The van der Waals surface area contributed by atoms with Crippen molar-refractivity contribution in [2.75, 3.05) is 0 Å². The number of benzene rings is 2. The minimum Gasteiger partial charge on any atom is -0.256 e. The third-order valence-corrected chi connectivity index (χ3v) is 3.78. The van der Waals surface area contributed by atoms with E-state index in [2.05, 4.69) is 58.5 Å². The van der Waals surface area contributed by atoms with Gasteiger partial charge in [0.1, 0.15) is 0 Å². The Morgan fingerprint density at radius 2 is 1.38 bits per heavy atom. The molecule has 0 saturated heterocycles. The first kappa shape index (κ1) is 12.0. The molecule has 4 aromatic rings.